The predicted octanol–water partition coefficient (Wildman–Crippen LogP) is -3.31. The molecule has 0 saturated carbocycles. The van der Waals surface area contributed by atoms with Gasteiger partial charge < -0.3 is 31.3 Å². The van der Waals surface area contributed by atoms with E-state index in [1.165, 1.54) is 0 Å². The summed E-state index contributed by atoms with van der Waals surface area (Å²) in [7, 11) is 0. The molecule has 0 heterocycles. The van der Waals surface area contributed by atoms with Crippen LogP contribution in [0.15, 0.2) is 0 Å². The molecule has 0 fully saturated rings. The molecule has 6 heteroatoms. The highest BCUT2D eigenvalue weighted by Gasteiger charge is 2.06. The summed E-state index contributed by atoms with van der Waals surface area (Å²) in [5.74, 6) is -2.69. The number of carbonyl (C=O) groups excluding carboxylic acids is 2. The van der Waals surface area contributed by atoms with Gasteiger partial charge in [-0.05, 0) is 6.42 Å². The van der Waals surface area contributed by atoms with E-state index in [1.807, 2.05) is 0 Å². The first-order chi connectivity index (χ1) is 5.95. The van der Waals surface area contributed by atoms with E-state index in [1.54, 1.807) is 0 Å². The molecule has 0 spiro atoms. The van der Waals surface area contributed by atoms with Gasteiger partial charge in [-0.25, -0.2) is 0 Å². The van der Waals surface area contributed by atoms with Crippen LogP contribution in [0.5, 0.6) is 0 Å². The molecule has 4 N–H and O–H groups in total. The van der Waals surface area contributed by atoms with Gasteiger partial charge in [-0.15, -0.1) is 0 Å². The first kappa shape index (κ1) is 11.9. The highest BCUT2D eigenvalue weighted by Crippen LogP contribution is 2.03. The molecule has 0 rings (SSSR count). The Morgan fingerprint density at radius 2 is 1.77 bits per heavy atom. The van der Waals surface area contributed by atoms with Crippen LogP contribution in [0.4, 0.5) is 0 Å². The number of hydrogen-bond donors (Lipinski definition) is 1. The summed E-state index contributed by atoms with van der Waals surface area (Å²) in [6.07, 6.45) is 0.636. The van der Waals surface area contributed by atoms with Gasteiger partial charge in [0.25, 0.3) is 0 Å². The molecule has 0 aromatic heterocycles. The molecule has 0 aromatic carbocycles. The van der Waals surface area contributed by atoms with Crippen molar-refractivity contribution >= 4 is 11.9 Å². The maximum Gasteiger partial charge on any atom is 0.124 e. The molecule has 0 aliphatic heterocycles. The number of quaternary nitrogens is 1. The lowest BCUT2D eigenvalue weighted by Crippen LogP contribution is -2.68. The van der Waals surface area contributed by atoms with Crippen molar-refractivity contribution in [1.29, 1.82) is 0 Å². The third kappa shape index (κ3) is 5.15. The van der Waals surface area contributed by atoms with Crippen molar-refractivity contribution < 1.29 is 25.5 Å². The summed E-state index contributed by atoms with van der Waals surface area (Å²) in [5.41, 5.74) is 10.2. The van der Waals surface area contributed by atoms with E-state index in [0.29, 0.717) is 6.42 Å². The molecule has 0 unspecified atom stereocenters. The Balaban J connectivity index is 3.56. The van der Waals surface area contributed by atoms with Gasteiger partial charge in [0.2, 0.25) is 0 Å². The summed E-state index contributed by atoms with van der Waals surface area (Å²) in [4.78, 5) is 20.2. The Morgan fingerprint density at radius 3 is 2.15 bits per heavy atom. The van der Waals surface area contributed by atoms with E-state index in [4.69, 9.17) is 5.73 Å². The van der Waals surface area contributed by atoms with Crippen LogP contribution in [-0.4, -0.2) is 24.0 Å². The van der Waals surface area contributed by atoms with Crippen LogP contribution in [0.2, 0.25) is 0 Å². The largest absolute Gasteiger partial charge is 0.670 e. The Bertz CT molecular complexity index is 175. The summed E-state index contributed by atoms with van der Waals surface area (Å²) in [6, 6.07) is -2.12. The maximum absolute atomic E-state index is 10.2. The van der Waals surface area contributed by atoms with Crippen molar-refractivity contribution in [2.45, 2.75) is 31.3 Å². The van der Waals surface area contributed by atoms with Gasteiger partial charge in [0, 0.05) is 12.4 Å². The van der Waals surface area contributed by atoms with Crippen LogP contribution in [-0.2, 0) is 9.59 Å². The molecule has 13 heavy (non-hydrogen) atoms. The van der Waals surface area contributed by atoms with Crippen LogP contribution in [0.3, 0.4) is 0 Å². The number of hydrogen-bond acceptors (Lipinski definition) is 4. The summed E-state index contributed by atoms with van der Waals surface area (Å²) < 4.78 is 0. The van der Waals surface area contributed by atoms with Gasteiger partial charge >= 0.3 is 0 Å². The van der Waals surface area contributed by atoms with Gasteiger partial charge in [-0.1, -0.05) is 12.5 Å². The number of rotatable bonds is 6. The third-order valence-corrected chi connectivity index (χ3v) is 1.66. The van der Waals surface area contributed by atoms with Gasteiger partial charge in [0.05, 0.1) is 5.97 Å². The Hall–Kier alpha value is -1.14. The minimum atomic E-state index is -1.44. The van der Waals surface area contributed by atoms with Crippen molar-refractivity contribution in [3.05, 3.63) is 5.73 Å². The summed E-state index contributed by atoms with van der Waals surface area (Å²) in [5, 5.41) is 20.2. The highest BCUT2D eigenvalue weighted by atomic mass is 16.4. The highest BCUT2D eigenvalue weighted by molar-refractivity contribution is 5.72. The Kier molecular flexibility index (Phi) is 5.01. The van der Waals surface area contributed by atoms with Crippen molar-refractivity contribution in [2.75, 3.05) is 0 Å². The zero-order valence-electron chi connectivity index (χ0n) is 7.12. The Morgan fingerprint density at radius 1 is 1.23 bits per heavy atom. The van der Waals surface area contributed by atoms with Gasteiger partial charge in [-0.2, -0.15) is 0 Å². The van der Waals surface area contributed by atoms with Gasteiger partial charge in [0.15, 0.2) is 0 Å². The minimum Gasteiger partial charge on any atom is -0.670 e. The number of aliphatic carboxylic acids is 2. The molecule has 0 bridgehead atoms. The van der Waals surface area contributed by atoms with Gasteiger partial charge in [-0.3, -0.25) is 0 Å². The van der Waals surface area contributed by atoms with Crippen LogP contribution in [0.25, 0.3) is 5.73 Å². The van der Waals surface area contributed by atoms with E-state index >= 15 is 0 Å². The number of carbonyl (C=O) groups is 2. The average molecular weight is 188 g/mol. The van der Waals surface area contributed by atoms with E-state index in [2.05, 4.69) is 5.73 Å². The quantitative estimate of drug-likeness (QED) is 0.467. The molecular formula is C7H12N2O4-2. The first-order valence-corrected chi connectivity index (χ1v) is 3.91. The van der Waals surface area contributed by atoms with Crippen molar-refractivity contribution in [2.24, 2.45) is 0 Å². The summed E-state index contributed by atoms with van der Waals surface area (Å²) in [6.45, 7) is 0. The monoisotopic (exact) mass is 188 g/mol. The second-order valence-corrected chi connectivity index (χ2v) is 2.82. The van der Waals surface area contributed by atoms with Crippen molar-refractivity contribution in [1.82, 2.24) is 0 Å². The summed E-state index contributed by atoms with van der Waals surface area (Å²) >= 11 is 0. The SMILES string of the molecule is [NH-][C@H](CCC[C@H]([NH3+])C(=O)[O-])C(=O)[O-]. The molecule has 0 amide bonds. The molecule has 6 nitrogen and oxygen atoms in total. The van der Waals surface area contributed by atoms with Crippen LogP contribution < -0.4 is 15.9 Å². The number of nitrogens with one attached hydrogen (secondary N) is 1. The van der Waals surface area contributed by atoms with Crippen molar-refractivity contribution in [3.8, 4) is 0 Å². The molecule has 0 radical (unpaired) electrons. The lowest BCUT2D eigenvalue weighted by atomic mass is 10.1. The molecule has 0 saturated heterocycles. The average Bonchev–Trinajstić information content (AvgIpc) is 2.03. The van der Waals surface area contributed by atoms with Crippen LogP contribution in [0.1, 0.15) is 19.3 Å². The Labute approximate surface area is 75.5 Å². The topological polar surface area (TPSA) is 132 Å². The maximum atomic E-state index is 10.2. The van der Waals surface area contributed by atoms with Crippen LogP contribution >= 0.6 is 0 Å². The molecular weight excluding hydrogens is 176 g/mol. The van der Waals surface area contributed by atoms with E-state index in [9.17, 15) is 19.8 Å². The van der Waals surface area contributed by atoms with Crippen LogP contribution in [0, 0.1) is 0 Å². The molecule has 0 aliphatic carbocycles. The second kappa shape index (κ2) is 5.50. The third-order valence-electron chi connectivity index (χ3n) is 1.66. The molecule has 0 aromatic rings. The molecule has 2 atom stereocenters. The molecule has 76 valence electrons. The zero-order chi connectivity index (χ0) is 10.4. The molecule has 0 aliphatic rings. The lowest BCUT2D eigenvalue weighted by Gasteiger charge is -2.21. The fourth-order valence-corrected chi connectivity index (χ4v) is 0.804. The first-order valence-electron chi connectivity index (χ1n) is 3.91. The lowest BCUT2D eigenvalue weighted by molar-refractivity contribution is -0.438. The smallest absolute Gasteiger partial charge is 0.124 e. The zero-order valence-corrected chi connectivity index (χ0v) is 7.12. The van der Waals surface area contributed by atoms with Crippen molar-refractivity contribution in [3.63, 3.8) is 0 Å². The van der Waals surface area contributed by atoms with E-state index in [0.717, 1.165) is 0 Å². The minimum absolute atomic E-state index is 0.0850. The van der Waals surface area contributed by atoms with E-state index in [-0.39, 0.29) is 12.8 Å². The fraction of sp³-hybridized carbons (Fsp3) is 0.714. The van der Waals surface area contributed by atoms with E-state index < -0.39 is 24.0 Å². The fourth-order valence-electron chi connectivity index (χ4n) is 0.804. The normalized spacial score (nSPS) is 14.9. The number of carboxylic acids is 2. The number of carboxylic acid groups (broad SMARTS) is 2. The van der Waals surface area contributed by atoms with Gasteiger partial charge in [0.1, 0.15) is 6.04 Å². The standard InChI is InChI=1S/C7H13N2O4/c8-4(6(10)11)2-1-3-5(9)7(12)13/h4-5,8H,1-3,9H2,(H,10,11)(H,12,13)/q-1/p-1/t4-,5+/m1/s1. The second-order valence-electron chi connectivity index (χ2n) is 2.82. The predicted molar refractivity (Wildman–Crippen MR) is 38.7 cm³/mol.